The first kappa shape index (κ1) is 18.5. The largest absolute Gasteiger partial charge is 0.342 e. The minimum absolute atomic E-state index is 0.0993. The van der Waals surface area contributed by atoms with Gasteiger partial charge in [0.05, 0.1) is 5.69 Å². The van der Waals surface area contributed by atoms with Gasteiger partial charge in [0.2, 0.25) is 11.8 Å². The third kappa shape index (κ3) is 4.34. The van der Waals surface area contributed by atoms with E-state index in [0.717, 1.165) is 64.0 Å². The SMILES string of the molecule is O=C(Cn1ccc([C@H]2CCCNC2)n1)N1CCC(C(=O)N2CCCC2)CC1. The van der Waals surface area contributed by atoms with E-state index in [0.29, 0.717) is 31.5 Å². The highest BCUT2D eigenvalue weighted by Crippen LogP contribution is 2.23. The molecule has 0 spiro atoms. The van der Waals surface area contributed by atoms with E-state index in [1.807, 2.05) is 22.1 Å². The van der Waals surface area contributed by atoms with E-state index in [1.165, 1.54) is 6.42 Å². The molecule has 0 radical (unpaired) electrons. The number of carbonyl (C=O) groups is 2. The summed E-state index contributed by atoms with van der Waals surface area (Å²) in [4.78, 5) is 29.1. The predicted octanol–water partition coefficient (Wildman–Crippen LogP) is 1.21. The molecule has 0 bridgehead atoms. The summed E-state index contributed by atoms with van der Waals surface area (Å²) >= 11 is 0. The van der Waals surface area contributed by atoms with Crippen molar-refractivity contribution in [2.75, 3.05) is 39.3 Å². The summed E-state index contributed by atoms with van der Waals surface area (Å²) in [6, 6.07) is 2.05. The van der Waals surface area contributed by atoms with Gasteiger partial charge >= 0.3 is 0 Å². The second-order valence-electron chi connectivity index (χ2n) is 8.17. The van der Waals surface area contributed by atoms with Gasteiger partial charge in [-0.3, -0.25) is 14.3 Å². The molecule has 1 aromatic heterocycles. The van der Waals surface area contributed by atoms with Crippen LogP contribution in [-0.2, 0) is 16.1 Å². The second-order valence-corrected chi connectivity index (χ2v) is 8.17. The van der Waals surface area contributed by atoms with E-state index in [9.17, 15) is 9.59 Å². The summed E-state index contributed by atoms with van der Waals surface area (Å²) in [5.74, 6) is 0.973. The van der Waals surface area contributed by atoms with Gasteiger partial charge in [0.25, 0.3) is 0 Å². The summed E-state index contributed by atoms with van der Waals surface area (Å²) in [6.07, 6.45) is 8.11. The molecule has 3 aliphatic rings. The van der Waals surface area contributed by atoms with Gasteiger partial charge in [-0.25, -0.2) is 0 Å². The molecular formula is C20H31N5O2. The van der Waals surface area contributed by atoms with E-state index in [4.69, 9.17) is 0 Å². The smallest absolute Gasteiger partial charge is 0.244 e. The molecule has 148 valence electrons. The Bertz CT molecular complexity index is 653. The molecule has 0 saturated carbocycles. The molecule has 7 nitrogen and oxygen atoms in total. The first-order valence-electron chi connectivity index (χ1n) is 10.5. The third-order valence-electron chi connectivity index (χ3n) is 6.29. The van der Waals surface area contributed by atoms with E-state index in [2.05, 4.69) is 10.4 Å². The van der Waals surface area contributed by atoms with Crippen molar-refractivity contribution in [3.8, 4) is 0 Å². The maximum atomic E-state index is 12.6. The minimum atomic E-state index is 0.0993. The summed E-state index contributed by atoms with van der Waals surface area (Å²) in [5.41, 5.74) is 1.09. The topological polar surface area (TPSA) is 70.5 Å². The number of nitrogens with one attached hydrogen (secondary N) is 1. The molecule has 7 heteroatoms. The zero-order chi connectivity index (χ0) is 18.6. The van der Waals surface area contributed by atoms with Crippen LogP contribution in [0.2, 0.25) is 0 Å². The number of carbonyl (C=O) groups excluding carboxylic acids is 2. The van der Waals surface area contributed by atoms with Crippen molar-refractivity contribution in [1.82, 2.24) is 24.9 Å². The molecule has 3 saturated heterocycles. The molecule has 1 aromatic rings. The van der Waals surface area contributed by atoms with Gasteiger partial charge in [-0.1, -0.05) is 0 Å². The van der Waals surface area contributed by atoms with Crippen LogP contribution in [0.25, 0.3) is 0 Å². The maximum Gasteiger partial charge on any atom is 0.244 e. The van der Waals surface area contributed by atoms with Gasteiger partial charge < -0.3 is 15.1 Å². The van der Waals surface area contributed by atoms with E-state index in [-0.39, 0.29) is 11.8 Å². The second kappa shape index (κ2) is 8.42. The Labute approximate surface area is 161 Å². The van der Waals surface area contributed by atoms with Crippen molar-refractivity contribution in [2.24, 2.45) is 5.92 Å². The number of nitrogens with zero attached hydrogens (tertiary/aromatic N) is 4. The van der Waals surface area contributed by atoms with Crippen LogP contribution in [0.1, 0.15) is 50.1 Å². The summed E-state index contributed by atoms with van der Waals surface area (Å²) < 4.78 is 1.77. The summed E-state index contributed by atoms with van der Waals surface area (Å²) in [6.45, 7) is 5.56. The van der Waals surface area contributed by atoms with E-state index < -0.39 is 0 Å². The average molecular weight is 374 g/mol. The van der Waals surface area contributed by atoms with Crippen molar-refractivity contribution in [3.63, 3.8) is 0 Å². The Morgan fingerprint density at radius 2 is 1.81 bits per heavy atom. The average Bonchev–Trinajstić information content (AvgIpc) is 3.40. The Kier molecular flexibility index (Phi) is 5.76. The van der Waals surface area contributed by atoms with Crippen LogP contribution in [0.5, 0.6) is 0 Å². The molecule has 2 amide bonds. The molecular weight excluding hydrogens is 342 g/mol. The number of likely N-dealkylation sites (tertiary alicyclic amines) is 2. The first-order chi connectivity index (χ1) is 13.2. The monoisotopic (exact) mass is 373 g/mol. The molecule has 1 N–H and O–H groups in total. The lowest BCUT2D eigenvalue weighted by Crippen LogP contribution is -2.44. The van der Waals surface area contributed by atoms with Gasteiger partial charge in [0.15, 0.2) is 0 Å². The van der Waals surface area contributed by atoms with Crippen molar-refractivity contribution in [1.29, 1.82) is 0 Å². The number of hydrogen-bond donors (Lipinski definition) is 1. The van der Waals surface area contributed by atoms with Crippen LogP contribution in [-0.4, -0.2) is 70.7 Å². The van der Waals surface area contributed by atoms with Gasteiger partial charge in [-0.2, -0.15) is 5.10 Å². The van der Waals surface area contributed by atoms with Crippen LogP contribution < -0.4 is 5.32 Å². The molecule has 3 fully saturated rings. The van der Waals surface area contributed by atoms with Crippen LogP contribution in [0.3, 0.4) is 0 Å². The fourth-order valence-corrected chi connectivity index (χ4v) is 4.60. The molecule has 1 atom stereocenters. The summed E-state index contributed by atoms with van der Waals surface area (Å²) in [5, 5.41) is 8.05. The van der Waals surface area contributed by atoms with E-state index >= 15 is 0 Å². The predicted molar refractivity (Wildman–Crippen MR) is 102 cm³/mol. The minimum Gasteiger partial charge on any atom is -0.342 e. The maximum absolute atomic E-state index is 12.6. The van der Waals surface area contributed by atoms with Gasteiger partial charge in [0.1, 0.15) is 6.54 Å². The third-order valence-corrected chi connectivity index (χ3v) is 6.29. The number of amides is 2. The van der Waals surface area contributed by atoms with Crippen molar-refractivity contribution < 1.29 is 9.59 Å². The van der Waals surface area contributed by atoms with Gasteiger partial charge in [0, 0.05) is 50.8 Å². The van der Waals surface area contributed by atoms with Crippen molar-refractivity contribution >= 4 is 11.8 Å². The normalized spacial score (nSPS) is 24.4. The molecule has 27 heavy (non-hydrogen) atoms. The quantitative estimate of drug-likeness (QED) is 0.861. The van der Waals surface area contributed by atoms with Crippen molar-refractivity contribution in [3.05, 3.63) is 18.0 Å². The molecule has 0 aromatic carbocycles. The number of piperidine rings is 2. The first-order valence-corrected chi connectivity index (χ1v) is 10.5. The Morgan fingerprint density at radius 3 is 2.52 bits per heavy atom. The van der Waals surface area contributed by atoms with Crippen molar-refractivity contribution in [2.45, 2.75) is 51.0 Å². The van der Waals surface area contributed by atoms with Crippen LogP contribution in [0.4, 0.5) is 0 Å². The Hall–Kier alpha value is -1.89. The highest BCUT2D eigenvalue weighted by Gasteiger charge is 2.31. The summed E-state index contributed by atoms with van der Waals surface area (Å²) in [7, 11) is 0. The molecule has 0 aliphatic carbocycles. The Morgan fingerprint density at radius 1 is 1.04 bits per heavy atom. The fraction of sp³-hybridized carbons (Fsp3) is 0.750. The highest BCUT2D eigenvalue weighted by atomic mass is 16.2. The lowest BCUT2D eigenvalue weighted by Gasteiger charge is -2.33. The molecule has 3 aliphatic heterocycles. The van der Waals surface area contributed by atoms with E-state index in [1.54, 1.807) is 4.68 Å². The zero-order valence-electron chi connectivity index (χ0n) is 16.1. The zero-order valence-corrected chi connectivity index (χ0v) is 16.1. The lowest BCUT2D eigenvalue weighted by atomic mass is 9.95. The Balaban J connectivity index is 1.26. The lowest BCUT2D eigenvalue weighted by molar-refractivity contribution is -0.140. The van der Waals surface area contributed by atoms with Crippen LogP contribution >= 0.6 is 0 Å². The fourth-order valence-electron chi connectivity index (χ4n) is 4.60. The van der Waals surface area contributed by atoms with Gasteiger partial charge in [-0.15, -0.1) is 0 Å². The number of hydrogen-bond acceptors (Lipinski definition) is 4. The highest BCUT2D eigenvalue weighted by molar-refractivity contribution is 5.80. The van der Waals surface area contributed by atoms with Crippen LogP contribution in [0, 0.1) is 5.92 Å². The number of rotatable bonds is 4. The molecule has 4 rings (SSSR count). The molecule has 0 unspecified atom stereocenters. The van der Waals surface area contributed by atoms with Crippen LogP contribution in [0.15, 0.2) is 12.3 Å². The number of aromatic nitrogens is 2. The standard InChI is InChI=1S/C20H31N5O2/c26-19(15-25-13-7-18(22-25)17-4-3-8-21-14-17)23-11-5-16(6-12-23)20(27)24-9-1-2-10-24/h7,13,16-17,21H,1-6,8-12,14-15H2/t17-/m0/s1. The van der Waals surface area contributed by atoms with Gasteiger partial charge in [-0.05, 0) is 51.1 Å². The molecule has 4 heterocycles.